The summed E-state index contributed by atoms with van der Waals surface area (Å²) in [4.78, 5) is 10.2. The molecule has 1 aliphatic carbocycles. The van der Waals surface area contributed by atoms with Gasteiger partial charge in [-0.05, 0) is 102 Å². The predicted octanol–water partition coefficient (Wildman–Crippen LogP) is 14.1. The fraction of sp³-hybridized carbons (Fsp3) is 0.0385. The number of aromatic nitrogens is 3. The molecule has 0 aliphatic heterocycles. The van der Waals surface area contributed by atoms with Gasteiger partial charge in [-0.1, -0.05) is 97.1 Å². The van der Waals surface area contributed by atoms with Gasteiger partial charge >= 0.3 is 0 Å². The number of furan rings is 2. The minimum absolute atomic E-state index is 0.686. The fourth-order valence-corrected chi connectivity index (χ4v) is 8.66. The highest BCUT2D eigenvalue weighted by Crippen LogP contribution is 2.41. The molecule has 5 nitrogen and oxygen atoms in total. The lowest BCUT2D eigenvalue weighted by molar-refractivity contribution is 0.656. The van der Waals surface area contributed by atoms with Crippen LogP contribution in [0.3, 0.4) is 0 Å². The Morgan fingerprint density at radius 3 is 1.79 bits per heavy atom. The highest BCUT2D eigenvalue weighted by atomic mass is 16.3. The summed E-state index contributed by atoms with van der Waals surface area (Å²) < 4.78 is 15.2. The van der Waals surface area contributed by atoms with Crippen LogP contribution in [0.4, 0.5) is 0 Å². The second-order valence-electron chi connectivity index (χ2n) is 14.9. The minimum Gasteiger partial charge on any atom is -0.456 e. The molecule has 0 saturated carbocycles. The average Bonchev–Trinajstić information content (AvgIpc) is 3.94. The van der Waals surface area contributed by atoms with Crippen molar-refractivity contribution in [2.75, 3.05) is 0 Å². The quantitative estimate of drug-likeness (QED) is 0.177. The van der Waals surface area contributed by atoms with Crippen LogP contribution in [0.5, 0.6) is 0 Å². The molecule has 0 bridgehead atoms. The van der Waals surface area contributed by atoms with Crippen LogP contribution in [0.1, 0.15) is 18.5 Å². The van der Waals surface area contributed by atoms with Gasteiger partial charge in [-0.3, -0.25) is 0 Å². The predicted molar refractivity (Wildman–Crippen MR) is 234 cm³/mol. The Balaban J connectivity index is 0.989. The summed E-state index contributed by atoms with van der Waals surface area (Å²) in [6, 6.07) is 55.5. The molecule has 4 heterocycles. The van der Waals surface area contributed by atoms with Crippen molar-refractivity contribution in [1.82, 2.24) is 14.5 Å². The van der Waals surface area contributed by atoms with E-state index in [4.69, 9.17) is 18.8 Å². The van der Waals surface area contributed by atoms with Crippen molar-refractivity contribution in [1.29, 1.82) is 0 Å². The normalized spacial score (nSPS) is 13.2. The summed E-state index contributed by atoms with van der Waals surface area (Å²) in [5, 5.41) is 6.62. The number of fused-ring (bicyclic) bond motifs is 9. The molecule has 4 aromatic heterocycles. The molecule has 7 aromatic carbocycles. The third-order valence-corrected chi connectivity index (χ3v) is 11.4. The molecule has 0 unspecified atom stereocenters. The van der Waals surface area contributed by atoms with Gasteiger partial charge < -0.3 is 13.4 Å². The molecule has 1 aliphatic rings. The van der Waals surface area contributed by atoms with Gasteiger partial charge in [0.25, 0.3) is 0 Å². The SMILES string of the molecule is C1=CC(c2cc(-c3ccccc3)nc(-c3ccc4oc5cc6oc7ccc(-c8ccc9c(c8)c8ccccc8n9-c8ccccc8)cc7c6cc5c4c3)n2)=CCC1. The van der Waals surface area contributed by atoms with Gasteiger partial charge in [0.1, 0.15) is 22.3 Å². The molecule has 268 valence electrons. The molecule has 57 heavy (non-hydrogen) atoms. The molecule has 11 aromatic rings. The van der Waals surface area contributed by atoms with E-state index in [9.17, 15) is 0 Å². The Kier molecular flexibility index (Phi) is 6.99. The maximum atomic E-state index is 6.45. The lowest BCUT2D eigenvalue weighted by Gasteiger charge is -2.11. The number of hydrogen-bond donors (Lipinski definition) is 0. The van der Waals surface area contributed by atoms with Gasteiger partial charge in [0, 0.05) is 55.2 Å². The summed E-state index contributed by atoms with van der Waals surface area (Å²) in [5.41, 5.74) is 14.0. The second-order valence-corrected chi connectivity index (χ2v) is 14.9. The highest BCUT2D eigenvalue weighted by Gasteiger charge is 2.18. The maximum Gasteiger partial charge on any atom is 0.160 e. The van der Waals surface area contributed by atoms with Crippen LogP contribution in [0.15, 0.2) is 185 Å². The van der Waals surface area contributed by atoms with Crippen LogP contribution in [-0.4, -0.2) is 14.5 Å². The maximum absolute atomic E-state index is 6.45. The van der Waals surface area contributed by atoms with Gasteiger partial charge in [0.15, 0.2) is 5.82 Å². The van der Waals surface area contributed by atoms with E-state index in [1.54, 1.807) is 0 Å². The molecule has 0 radical (unpaired) electrons. The van der Waals surface area contributed by atoms with Crippen molar-refractivity contribution >= 4 is 71.3 Å². The Hall–Kier alpha value is -7.50. The lowest BCUT2D eigenvalue weighted by atomic mass is 10.00. The Labute approximate surface area is 327 Å². The lowest BCUT2D eigenvalue weighted by Crippen LogP contribution is -1.98. The first kappa shape index (κ1) is 31.8. The molecule has 0 atom stereocenters. The number of rotatable bonds is 5. The van der Waals surface area contributed by atoms with E-state index in [-0.39, 0.29) is 0 Å². The van der Waals surface area contributed by atoms with E-state index in [0.29, 0.717) is 5.82 Å². The minimum atomic E-state index is 0.686. The first-order chi connectivity index (χ1) is 28.2. The van der Waals surface area contributed by atoms with Crippen LogP contribution < -0.4 is 0 Å². The van der Waals surface area contributed by atoms with E-state index in [1.807, 2.05) is 30.3 Å². The van der Waals surface area contributed by atoms with Crippen LogP contribution >= 0.6 is 0 Å². The summed E-state index contributed by atoms with van der Waals surface area (Å²) in [6.07, 6.45) is 8.71. The van der Waals surface area contributed by atoms with Gasteiger partial charge in [-0.15, -0.1) is 0 Å². The van der Waals surface area contributed by atoms with Crippen LogP contribution in [0.2, 0.25) is 0 Å². The molecule has 0 N–H and O–H groups in total. The third kappa shape index (κ3) is 5.16. The molecule has 0 saturated heterocycles. The zero-order valence-electron chi connectivity index (χ0n) is 30.8. The molecule has 12 rings (SSSR count). The molecule has 0 fully saturated rings. The summed E-state index contributed by atoms with van der Waals surface area (Å²) in [6.45, 7) is 0. The molecule has 5 heteroatoms. The van der Waals surface area contributed by atoms with Crippen molar-refractivity contribution < 1.29 is 8.83 Å². The van der Waals surface area contributed by atoms with Crippen LogP contribution in [0, 0.1) is 0 Å². The summed E-state index contributed by atoms with van der Waals surface area (Å²) in [5.74, 6) is 0.686. The summed E-state index contributed by atoms with van der Waals surface area (Å²) in [7, 11) is 0. The van der Waals surface area contributed by atoms with Gasteiger partial charge in [0.2, 0.25) is 0 Å². The summed E-state index contributed by atoms with van der Waals surface area (Å²) >= 11 is 0. The Morgan fingerprint density at radius 2 is 1.04 bits per heavy atom. The topological polar surface area (TPSA) is 57.0 Å². The van der Waals surface area contributed by atoms with Crippen LogP contribution in [-0.2, 0) is 0 Å². The molecule has 0 spiro atoms. The number of benzene rings is 7. The number of allylic oxidation sites excluding steroid dienone is 4. The number of hydrogen-bond acceptors (Lipinski definition) is 4. The van der Waals surface area contributed by atoms with Crippen molar-refractivity contribution in [3.63, 3.8) is 0 Å². The standard InChI is InChI=1S/C52H33N3O2/c1-4-12-32(13-5-1)44-30-45(33-14-6-2-7-15-33)54-52(53-44)36-22-25-49-41(28-36)43-29-42-40-27-35(21-24-48(40)56-50(42)31-51(43)57-49)34-20-23-47-39(26-34)38-18-10-11-19-46(38)55(47)37-16-8-3-9-17-37/h1,3-6,8-31H,2,7H2. The van der Waals surface area contributed by atoms with Gasteiger partial charge in [0.05, 0.1) is 22.4 Å². The van der Waals surface area contributed by atoms with E-state index < -0.39 is 0 Å². The fourth-order valence-electron chi connectivity index (χ4n) is 8.66. The number of nitrogens with zero attached hydrogens (tertiary/aromatic N) is 3. The second kappa shape index (κ2) is 12.5. The van der Waals surface area contributed by atoms with E-state index >= 15 is 0 Å². The molecular weight excluding hydrogens is 699 g/mol. The average molecular weight is 732 g/mol. The molecule has 0 amide bonds. The Morgan fingerprint density at radius 1 is 0.421 bits per heavy atom. The third-order valence-electron chi connectivity index (χ3n) is 11.4. The largest absolute Gasteiger partial charge is 0.456 e. The van der Waals surface area contributed by atoms with E-state index in [1.165, 1.54) is 21.8 Å². The van der Waals surface area contributed by atoms with Crippen molar-refractivity contribution in [2.45, 2.75) is 12.8 Å². The van der Waals surface area contributed by atoms with Crippen LogP contribution in [0.25, 0.3) is 111 Å². The Bertz CT molecular complexity index is 3460. The molecular formula is C52H33N3O2. The smallest absolute Gasteiger partial charge is 0.160 e. The monoisotopic (exact) mass is 731 g/mol. The van der Waals surface area contributed by atoms with E-state index in [0.717, 1.165) is 102 Å². The zero-order chi connectivity index (χ0) is 37.5. The first-order valence-electron chi connectivity index (χ1n) is 19.5. The van der Waals surface area contributed by atoms with Gasteiger partial charge in [-0.25, -0.2) is 9.97 Å². The van der Waals surface area contributed by atoms with Crippen molar-refractivity contribution in [2.24, 2.45) is 0 Å². The van der Waals surface area contributed by atoms with E-state index in [2.05, 4.69) is 150 Å². The zero-order valence-corrected chi connectivity index (χ0v) is 30.8. The highest BCUT2D eigenvalue weighted by molar-refractivity contribution is 6.16. The number of para-hydroxylation sites is 2. The van der Waals surface area contributed by atoms with Crippen molar-refractivity contribution in [3.05, 3.63) is 182 Å². The van der Waals surface area contributed by atoms with Gasteiger partial charge in [-0.2, -0.15) is 0 Å². The first-order valence-corrected chi connectivity index (χ1v) is 19.5. The van der Waals surface area contributed by atoms with Crippen molar-refractivity contribution in [3.8, 4) is 39.5 Å².